The molecular weight excluding hydrogens is 258 g/mol. The largest absolute Gasteiger partial charge is 0.391 e. The molecule has 0 heterocycles. The first-order valence-electron chi connectivity index (χ1n) is 5.11. The lowest BCUT2D eigenvalue weighted by Crippen LogP contribution is -2.21. The molecule has 0 saturated carbocycles. The molecule has 18 heavy (non-hydrogen) atoms. The Morgan fingerprint density at radius 2 is 2.06 bits per heavy atom. The molecule has 0 fully saturated rings. The summed E-state index contributed by atoms with van der Waals surface area (Å²) in [5.74, 6) is 0. The molecule has 1 atom stereocenters. The molecule has 0 radical (unpaired) electrons. The first-order chi connectivity index (χ1) is 8.45. The molecule has 0 saturated heterocycles. The fourth-order valence-electron chi connectivity index (χ4n) is 1.12. The molecule has 1 aromatic carbocycles. The second-order valence-corrected chi connectivity index (χ2v) is 5.23. The van der Waals surface area contributed by atoms with E-state index >= 15 is 0 Å². The van der Waals surface area contributed by atoms with Gasteiger partial charge < -0.3 is 5.11 Å². The summed E-state index contributed by atoms with van der Waals surface area (Å²) in [5, 5.41) is 12.4. The average molecular weight is 271 g/mol. The molecular formula is C10H13N3O4S. The van der Waals surface area contributed by atoms with Gasteiger partial charge in [-0.1, -0.05) is 22.8 Å². The van der Waals surface area contributed by atoms with Crippen LogP contribution in [0.2, 0.25) is 0 Å². The molecule has 7 nitrogen and oxygen atoms in total. The van der Waals surface area contributed by atoms with E-state index in [0.29, 0.717) is 0 Å². The fraction of sp³-hybridized carbons (Fsp3) is 0.400. The second kappa shape index (κ2) is 6.36. The number of aliphatic hydroxyl groups is 1. The van der Waals surface area contributed by atoms with Gasteiger partial charge >= 0.3 is 0 Å². The molecule has 1 rings (SSSR count). The zero-order valence-electron chi connectivity index (χ0n) is 9.72. The van der Waals surface area contributed by atoms with Crippen LogP contribution >= 0.6 is 0 Å². The van der Waals surface area contributed by atoms with Crippen LogP contribution in [0.1, 0.15) is 5.56 Å². The van der Waals surface area contributed by atoms with E-state index in [4.69, 9.17) is 5.53 Å². The van der Waals surface area contributed by atoms with E-state index in [1.54, 1.807) is 12.1 Å². The Morgan fingerprint density at radius 1 is 1.44 bits per heavy atom. The van der Waals surface area contributed by atoms with Crippen molar-refractivity contribution in [2.24, 2.45) is 5.11 Å². The van der Waals surface area contributed by atoms with Crippen molar-refractivity contribution in [1.82, 2.24) is 0 Å². The molecule has 0 amide bonds. The zero-order valence-corrected chi connectivity index (χ0v) is 10.5. The van der Waals surface area contributed by atoms with Crippen LogP contribution in [-0.4, -0.2) is 32.8 Å². The first-order valence-corrected chi connectivity index (χ1v) is 6.51. The van der Waals surface area contributed by atoms with Crippen molar-refractivity contribution < 1.29 is 17.7 Å². The predicted molar refractivity (Wildman–Crippen MR) is 64.3 cm³/mol. The smallest absolute Gasteiger partial charge is 0.297 e. The van der Waals surface area contributed by atoms with Gasteiger partial charge in [-0.25, -0.2) is 0 Å². The van der Waals surface area contributed by atoms with E-state index < -0.39 is 22.8 Å². The van der Waals surface area contributed by atoms with Gasteiger partial charge in [0, 0.05) is 4.91 Å². The number of hydrogen-bond donors (Lipinski definition) is 1. The van der Waals surface area contributed by atoms with E-state index in [9.17, 15) is 13.5 Å². The first kappa shape index (κ1) is 14.5. The maximum Gasteiger partial charge on any atom is 0.297 e. The summed E-state index contributed by atoms with van der Waals surface area (Å²) in [5.41, 5.74) is 8.96. The van der Waals surface area contributed by atoms with Crippen LogP contribution in [0.4, 0.5) is 0 Å². The third kappa shape index (κ3) is 4.34. The molecule has 8 heteroatoms. The maximum absolute atomic E-state index is 11.7. The van der Waals surface area contributed by atoms with Gasteiger partial charge in [-0.3, -0.25) is 4.18 Å². The van der Waals surface area contributed by atoms with E-state index in [1.165, 1.54) is 12.1 Å². The summed E-state index contributed by atoms with van der Waals surface area (Å²) in [6, 6.07) is 6.13. The lowest BCUT2D eigenvalue weighted by atomic mass is 10.2. The molecule has 0 aromatic heterocycles. The van der Waals surface area contributed by atoms with Gasteiger partial charge in [0.15, 0.2) is 0 Å². The number of hydrogen-bond acceptors (Lipinski definition) is 5. The quantitative estimate of drug-likeness (QED) is 0.364. The SMILES string of the molecule is Cc1ccc(S(=O)(=O)OC[C@@H](O)CN=[N+]=[N-])cc1. The molecule has 0 spiro atoms. The predicted octanol–water partition coefficient (Wildman–Crippen LogP) is 1.37. The summed E-state index contributed by atoms with van der Waals surface area (Å²) < 4.78 is 28.0. The number of aryl methyl sites for hydroxylation is 1. The highest BCUT2D eigenvalue weighted by Gasteiger charge is 2.16. The Hall–Kier alpha value is -1.60. The van der Waals surface area contributed by atoms with Crippen LogP contribution in [0.15, 0.2) is 34.3 Å². The van der Waals surface area contributed by atoms with Gasteiger partial charge in [0.1, 0.15) is 0 Å². The molecule has 0 aliphatic rings. The lowest BCUT2D eigenvalue weighted by molar-refractivity contribution is 0.117. The van der Waals surface area contributed by atoms with Crippen LogP contribution in [-0.2, 0) is 14.3 Å². The summed E-state index contributed by atoms with van der Waals surface area (Å²) in [4.78, 5) is 2.47. The monoisotopic (exact) mass is 271 g/mol. The topological polar surface area (TPSA) is 112 Å². The van der Waals surface area contributed by atoms with Crippen molar-refractivity contribution >= 4 is 10.1 Å². The Labute approximate surface area is 105 Å². The Balaban J connectivity index is 2.65. The third-order valence-electron chi connectivity index (χ3n) is 2.08. The van der Waals surface area contributed by atoms with Gasteiger partial charge in [-0.05, 0) is 24.6 Å². The van der Waals surface area contributed by atoms with Crippen LogP contribution in [0, 0.1) is 6.92 Å². The van der Waals surface area contributed by atoms with Gasteiger partial charge in [-0.2, -0.15) is 8.42 Å². The van der Waals surface area contributed by atoms with Crippen molar-refractivity contribution in [3.05, 3.63) is 40.3 Å². The number of aliphatic hydroxyl groups excluding tert-OH is 1. The molecule has 98 valence electrons. The lowest BCUT2D eigenvalue weighted by Gasteiger charge is -2.09. The summed E-state index contributed by atoms with van der Waals surface area (Å²) in [6.45, 7) is 1.15. The average Bonchev–Trinajstić information content (AvgIpc) is 2.34. The molecule has 0 unspecified atom stereocenters. The minimum atomic E-state index is -3.89. The normalized spacial score (nSPS) is 12.8. The van der Waals surface area contributed by atoms with Crippen molar-refractivity contribution in [2.45, 2.75) is 17.9 Å². The Morgan fingerprint density at radius 3 is 2.61 bits per heavy atom. The number of azide groups is 1. The highest BCUT2D eigenvalue weighted by Crippen LogP contribution is 2.13. The van der Waals surface area contributed by atoms with Gasteiger partial charge in [-0.15, -0.1) is 0 Å². The van der Waals surface area contributed by atoms with Crippen LogP contribution < -0.4 is 0 Å². The van der Waals surface area contributed by atoms with E-state index in [0.717, 1.165) is 5.56 Å². The fourth-order valence-corrected chi connectivity index (χ4v) is 2.07. The molecule has 0 bridgehead atoms. The van der Waals surface area contributed by atoms with Crippen molar-refractivity contribution in [1.29, 1.82) is 0 Å². The van der Waals surface area contributed by atoms with E-state index in [-0.39, 0.29) is 11.4 Å². The molecule has 0 aliphatic heterocycles. The van der Waals surface area contributed by atoms with Gasteiger partial charge in [0.2, 0.25) is 0 Å². The van der Waals surface area contributed by atoms with Crippen LogP contribution in [0.5, 0.6) is 0 Å². The second-order valence-electron chi connectivity index (χ2n) is 3.62. The van der Waals surface area contributed by atoms with Crippen molar-refractivity contribution in [3.63, 3.8) is 0 Å². The van der Waals surface area contributed by atoms with E-state index in [2.05, 4.69) is 14.2 Å². The molecule has 1 N–H and O–H groups in total. The molecule has 1 aromatic rings. The van der Waals surface area contributed by atoms with Crippen molar-refractivity contribution in [2.75, 3.05) is 13.2 Å². The summed E-state index contributed by atoms with van der Waals surface area (Å²) in [7, 11) is -3.89. The Bertz CT molecular complexity index is 535. The van der Waals surface area contributed by atoms with Gasteiger partial charge in [0.25, 0.3) is 10.1 Å². The van der Waals surface area contributed by atoms with Gasteiger partial charge in [0.05, 0.1) is 24.2 Å². The minimum Gasteiger partial charge on any atom is -0.391 e. The molecule has 0 aliphatic carbocycles. The number of benzene rings is 1. The van der Waals surface area contributed by atoms with E-state index in [1.807, 2.05) is 6.92 Å². The standard InChI is InChI=1S/C10H13N3O4S/c1-8-2-4-10(5-3-8)18(15,16)17-7-9(14)6-12-13-11/h2-5,9,14H,6-7H2,1H3/t9-/m0/s1. The summed E-state index contributed by atoms with van der Waals surface area (Å²) in [6.07, 6.45) is -1.15. The number of nitrogens with zero attached hydrogens (tertiary/aromatic N) is 3. The third-order valence-corrected chi connectivity index (χ3v) is 3.38. The maximum atomic E-state index is 11.7. The van der Waals surface area contributed by atoms with Crippen LogP contribution in [0.25, 0.3) is 10.4 Å². The summed E-state index contributed by atoms with van der Waals surface area (Å²) >= 11 is 0. The Kier molecular flexibility index (Phi) is 5.11. The van der Waals surface area contributed by atoms with Crippen molar-refractivity contribution in [3.8, 4) is 0 Å². The highest BCUT2D eigenvalue weighted by atomic mass is 32.2. The highest BCUT2D eigenvalue weighted by molar-refractivity contribution is 7.86. The minimum absolute atomic E-state index is 0.0177. The van der Waals surface area contributed by atoms with Crippen LogP contribution in [0.3, 0.4) is 0 Å². The zero-order chi connectivity index (χ0) is 13.6. The number of rotatable bonds is 6.